The largest absolute Gasteiger partial charge is 0.465 e. The molecule has 2 unspecified atom stereocenters. The van der Waals surface area contributed by atoms with E-state index in [1.54, 1.807) is 0 Å². The van der Waals surface area contributed by atoms with Crippen LogP contribution in [0.3, 0.4) is 0 Å². The molecule has 0 spiro atoms. The van der Waals surface area contributed by atoms with Crippen LogP contribution in [0.5, 0.6) is 0 Å². The molecule has 2 saturated heterocycles. The SMILES string of the molecule is CC(C)(C)N(CCN1CC2CN(CCNS(=O)(=O)c3ccc(F)cc3)CC(C1)O2)C(=O)O. The Hall–Kier alpha value is -1.79. The predicted molar refractivity (Wildman–Crippen MR) is 118 cm³/mol. The summed E-state index contributed by atoms with van der Waals surface area (Å²) in [4.78, 5) is 17.5. The fraction of sp³-hybridized carbons (Fsp3) is 0.667. The third-order valence-corrected chi connectivity index (χ3v) is 7.23. The van der Waals surface area contributed by atoms with Gasteiger partial charge in [-0.05, 0) is 45.0 Å². The number of rotatable bonds is 8. The highest BCUT2D eigenvalue weighted by molar-refractivity contribution is 7.89. The monoisotopic (exact) mass is 472 g/mol. The number of hydrogen-bond donors (Lipinski definition) is 2. The molecule has 2 aliphatic rings. The molecule has 1 amide bonds. The minimum Gasteiger partial charge on any atom is -0.465 e. The fourth-order valence-electron chi connectivity index (χ4n) is 4.22. The van der Waals surface area contributed by atoms with E-state index in [1.807, 2.05) is 20.8 Å². The van der Waals surface area contributed by atoms with Gasteiger partial charge in [0.05, 0.1) is 17.1 Å². The maximum atomic E-state index is 13.0. The van der Waals surface area contributed by atoms with E-state index in [2.05, 4.69) is 14.5 Å². The number of morpholine rings is 2. The van der Waals surface area contributed by atoms with Gasteiger partial charge in [-0.2, -0.15) is 0 Å². The van der Waals surface area contributed by atoms with Gasteiger partial charge in [0.15, 0.2) is 0 Å². The first-order valence-corrected chi connectivity index (χ1v) is 12.3. The normalized spacial score (nSPS) is 22.6. The number of amides is 1. The lowest BCUT2D eigenvalue weighted by Crippen LogP contribution is -2.61. The Morgan fingerprint density at radius 2 is 1.66 bits per heavy atom. The van der Waals surface area contributed by atoms with Crippen LogP contribution >= 0.6 is 0 Å². The van der Waals surface area contributed by atoms with Crippen LogP contribution < -0.4 is 4.72 Å². The Kier molecular flexibility index (Phi) is 7.77. The topological polar surface area (TPSA) is 102 Å². The van der Waals surface area contributed by atoms with Gasteiger partial charge in [-0.1, -0.05) is 0 Å². The molecule has 2 heterocycles. The number of ether oxygens (including phenoxy) is 1. The molecule has 1 aromatic carbocycles. The van der Waals surface area contributed by atoms with Gasteiger partial charge in [0.25, 0.3) is 0 Å². The van der Waals surface area contributed by atoms with E-state index < -0.39 is 27.5 Å². The van der Waals surface area contributed by atoms with Crippen molar-refractivity contribution in [3.63, 3.8) is 0 Å². The Morgan fingerprint density at radius 3 is 2.16 bits per heavy atom. The molecule has 32 heavy (non-hydrogen) atoms. The molecule has 0 radical (unpaired) electrons. The maximum absolute atomic E-state index is 13.0. The Bertz CT molecular complexity index is 876. The van der Waals surface area contributed by atoms with E-state index in [4.69, 9.17) is 4.74 Å². The number of sulfonamides is 1. The van der Waals surface area contributed by atoms with E-state index in [-0.39, 0.29) is 23.6 Å². The van der Waals surface area contributed by atoms with Gasteiger partial charge < -0.3 is 14.7 Å². The minimum absolute atomic E-state index is 0.00382. The molecular formula is C21H33FN4O5S. The van der Waals surface area contributed by atoms with E-state index in [9.17, 15) is 22.7 Å². The van der Waals surface area contributed by atoms with Crippen molar-refractivity contribution in [3.05, 3.63) is 30.1 Å². The van der Waals surface area contributed by atoms with Crippen LogP contribution in [0.15, 0.2) is 29.2 Å². The lowest BCUT2D eigenvalue weighted by molar-refractivity contribution is -0.138. The zero-order chi connectivity index (χ0) is 23.5. The summed E-state index contributed by atoms with van der Waals surface area (Å²) in [5.74, 6) is -0.480. The molecular weight excluding hydrogens is 439 g/mol. The number of fused-ring (bicyclic) bond motifs is 2. The zero-order valence-corrected chi connectivity index (χ0v) is 19.6. The van der Waals surface area contributed by atoms with Gasteiger partial charge in [0.2, 0.25) is 10.0 Å². The number of nitrogens with one attached hydrogen (secondary N) is 1. The van der Waals surface area contributed by atoms with Crippen LogP contribution in [0.25, 0.3) is 0 Å². The lowest BCUT2D eigenvalue weighted by atomic mass is 10.1. The molecule has 1 aromatic rings. The van der Waals surface area contributed by atoms with Crippen molar-refractivity contribution in [3.8, 4) is 0 Å². The summed E-state index contributed by atoms with van der Waals surface area (Å²) in [5.41, 5.74) is -0.452. The van der Waals surface area contributed by atoms with Crippen LogP contribution in [-0.4, -0.2) is 104 Å². The summed E-state index contributed by atoms with van der Waals surface area (Å²) in [5, 5.41) is 9.47. The summed E-state index contributed by atoms with van der Waals surface area (Å²) in [6.45, 7) is 10.4. The summed E-state index contributed by atoms with van der Waals surface area (Å²) >= 11 is 0. The van der Waals surface area contributed by atoms with Gasteiger partial charge in [-0.15, -0.1) is 0 Å². The summed E-state index contributed by atoms with van der Waals surface area (Å²) in [7, 11) is -3.68. The van der Waals surface area contributed by atoms with Crippen molar-refractivity contribution in [1.29, 1.82) is 0 Å². The summed E-state index contributed by atoms with van der Waals surface area (Å²) in [6, 6.07) is 4.74. The highest BCUT2D eigenvalue weighted by Crippen LogP contribution is 2.20. The Balaban J connectivity index is 1.45. The standard InChI is InChI=1S/C21H33FN4O5S/c1-21(2,3)26(20(27)28)11-10-25-14-17-12-24(13-18(15-25)31-17)9-8-23-32(29,30)19-6-4-16(22)5-7-19/h4-7,17-18,23H,8-15H2,1-3H3,(H,27,28). The van der Waals surface area contributed by atoms with Crippen LogP contribution in [0.1, 0.15) is 20.8 Å². The molecule has 2 aliphatic heterocycles. The molecule has 2 fully saturated rings. The number of carboxylic acid groups (broad SMARTS) is 1. The molecule has 3 rings (SSSR count). The second-order valence-corrected chi connectivity index (χ2v) is 11.1. The number of benzene rings is 1. The number of halogens is 1. The highest BCUT2D eigenvalue weighted by Gasteiger charge is 2.35. The first-order chi connectivity index (χ1) is 14.9. The van der Waals surface area contributed by atoms with Crippen molar-refractivity contribution in [1.82, 2.24) is 19.4 Å². The van der Waals surface area contributed by atoms with Gasteiger partial charge in [-0.3, -0.25) is 9.80 Å². The molecule has 0 aromatic heterocycles. The van der Waals surface area contributed by atoms with Gasteiger partial charge in [0, 0.05) is 57.9 Å². The predicted octanol–water partition coefficient (Wildman–Crippen LogP) is 1.27. The van der Waals surface area contributed by atoms with Crippen LogP contribution in [0.4, 0.5) is 9.18 Å². The van der Waals surface area contributed by atoms with Gasteiger partial charge in [0.1, 0.15) is 5.82 Å². The molecule has 2 N–H and O–H groups in total. The van der Waals surface area contributed by atoms with Crippen LogP contribution in [-0.2, 0) is 14.8 Å². The van der Waals surface area contributed by atoms with Crippen molar-refractivity contribution >= 4 is 16.1 Å². The summed E-state index contributed by atoms with van der Waals surface area (Å²) in [6.07, 6.45) is -0.909. The van der Waals surface area contributed by atoms with Crippen LogP contribution in [0.2, 0.25) is 0 Å². The molecule has 0 saturated carbocycles. The number of hydrogen-bond acceptors (Lipinski definition) is 6. The first-order valence-electron chi connectivity index (χ1n) is 10.8. The van der Waals surface area contributed by atoms with Gasteiger partial charge >= 0.3 is 6.09 Å². The lowest BCUT2D eigenvalue weighted by Gasteiger charge is -2.46. The van der Waals surface area contributed by atoms with E-state index in [0.29, 0.717) is 45.8 Å². The molecule has 9 nitrogen and oxygen atoms in total. The average molecular weight is 473 g/mol. The molecule has 0 aliphatic carbocycles. The third-order valence-electron chi connectivity index (χ3n) is 5.76. The van der Waals surface area contributed by atoms with Gasteiger partial charge in [-0.25, -0.2) is 22.3 Å². The Morgan fingerprint density at radius 1 is 1.12 bits per heavy atom. The van der Waals surface area contributed by atoms with E-state index in [1.165, 1.54) is 17.0 Å². The van der Waals surface area contributed by atoms with Crippen LogP contribution in [0, 0.1) is 5.82 Å². The second-order valence-electron chi connectivity index (χ2n) is 9.36. The average Bonchev–Trinajstić information content (AvgIpc) is 2.66. The minimum atomic E-state index is -3.68. The summed E-state index contributed by atoms with van der Waals surface area (Å²) < 4.78 is 46.3. The van der Waals surface area contributed by atoms with E-state index >= 15 is 0 Å². The van der Waals surface area contributed by atoms with Crippen molar-refractivity contribution < 1.29 is 27.4 Å². The maximum Gasteiger partial charge on any atom is 0.407 e. The fourth-order valence-corrected chi connectivity index (χ4v) is 5.24. The molecule has 2 atom stereocenters. The zero-order valence-electron chi connectivity index (χ0n) is 18.8. The van der Waals surface area contributed by atoms with E-state index in [0.717, 1.165) is 12.1 Å². The smallest absolute Gasteiger partial charge is 0.407 e. The second kappa shape index (κ2) is 10.0. The molecule has 11 heteroatoms. The third kappa shape index (κ3) is 6.61. The van der Waals surface area contributed by atoms with Crippen molar-refractivity contribution in [2.24, 2.45) is 0 Å². The molecule has 180 valence electrons. The Labute approximate surface area is 189 Å². The highest BCUT2D eigenvalue weighted by atomic mass is 32.2. The first kappa shape index (κ1) is 24.8. The van der Waals surface area contributed by atoms with Crippen molar-refractivity contribution in [2.45, 2.75) is 43.4 Å². The molecule has 2 bridgehead atoms. The quantitative estimate of drug-likeness (QED) is 0.587. The number of carbonyl (C=O) groups is 1. The number of nitrogens with zero attached hydrogens (tertiary/aromatic N) is 3. The van der Waals surface area contributed by atoms with Crippen molar-refractivity contribution in [2.75, 3.05) is 52.4 Å².